The van der Waals surface area contributed by atoms with E-state index in [2.05, 4.69) is 9.97 Å². The SMILES string of the molecule is CC1CN(c2cc(Cl)nc(SCC(=O)O)n2)CCN1C(=O)c1cccc(F)c1. The number of aliphatic carboxylic acids is 1. The molecule has 0 saturated carbocycles. The molecule has 148 valence electrons. The molecule has 2 aromatic rings. The number of hydrogen-bond acceptors (Lipinski definition) is 6. The number of aromatic nitrogens is 2. The Morgan fingerprint density at radius 3 is 2.79 bits per heavy atom. The van der Waals surface area contributed by atoms with E-state index in [0.29, 0.717) is 31.0 Å². The van der Waals surface area contributed by atoms with Crippen LogP contribution < -0.4 is 4.90 Å². The van der Waals surface area contributed by atoms with Gasteiger partial charge in [-0.25, -0.2) is 14.4 Å². The van der Waals surface area contributed by atoms with Gasteiger partial charge in [0.25, 0.3) is 5.91 Å². The van der Waals surface area contributed by atoms with Gasteiger partial charge in [-0.15, -0.1) is 0 Å². The standard InChI is InChI=1S/C18H18ClFN4O3S/c1-11-9-23(15-8-14(19)21-18(22-15)28-10-16(25)26)5-6-24(11)17(27)12-3-2-4-13(20)7-12/h2-4,7-8,11H,5-6,9-10H2,1H3,(H,25,26). The Bertz CT molecular complexity index is 901. The number of carboxylic acid groups (broad SMARTS) is 1. The van der Waals surface area contributed by atoms with Crippen LogP contribution in [-0.4, -0.2) is 63.3 Å². The average molecular weight is 425 g/mol. The van der Waals surface area contributed by atoms with Crippen LogP contribution in [0.15, 0.2) is 35.5 Å². The molecule has 28 heavy (non-hydrogen) atoms. The highest BCUT2D eigenvalue weighted by atomic mass is 35.5. The molecular formula is C18H18ClFN4O3S. The van der Waals surface area contributed by atoms with Crippen LogP contribution >= 0.6 is 23.4 Å². The summed E-state index contributed by atoms with van der Waals surface area (Å²) < 4.78 is 13.4. The van der Waals surface area contributed by atoms with Crippen LogP contribution in [0.2, 0.25) is 5.15 Å². The Morgan fingerprint density at radius 1 is 1.32 bits per heavy atom. The van der Waals surface area contributed by atoms with E-state index < -0.39 is 11.8 Å². The second-order valence-corrected chi connectivity index (χ2v) is 7.65. The van der Waals surface area contributed by atoms with Gasteiger partial charge in [0.2, 0.25) is 0 Å². The normalized spacial score (nSPS) is 16.9. The van der Waals surface area contributed by atoms with Crippen molar-refractivity contribution in [2.24, 2.45) is 0 Å². The third-order valence-corrected chi connectivity index (χ3v) is 5.30. The van der Waals surface area contributed by atoms with Crippen molar-refractivity contribution >= 4 is 41.1 Å². The molecule has 1 amide bonds. The van der Waals surface area contributed by atoms with E-state index in [-0.39, 0.29) is 28.0 Å². The van der Waals surface area contributed by atoms with E-state index in [1.54, 1.807) is 17.0 Å². The molecule has 2 heterocycles. The molecule has 7 nitrogen and oxygen atoms in total. The molecule has 0 spiro atoms. The van der Waals surface area contributed by atoms with Crippen LogP contribution in [0.5, 0.6) is 0 Å². The molecule has 1 atom stereocenters. The first kappa shape index (κ1) is 20.3. The number of hydrogen-bond donors (Lipinski definition) is 1. The van der Waals surface area contributed by atoms with Gasteiger partial charge in [0.1, 0.15) is 16.8 Å². The number of nitrogens with zero attached hydrogens (tertiary/aromatic N) is 4. The maximum absolute atomic E-state index is 13.4. The van der Waals surface area contributed by atoms with Crippen LogP contribution in [0.4, 0.5) is 10.2 Å². The van der Waals surface area contributed by atoms with Crippen molar-refractivity contribution in [2.75, 3.05) is 30.3 Å². The first-order chi connectivity index (χ1) is 13.3. The van der Waals surface area contributed by atoms with Crippen molar-refractivity contribution in [1.82, 2.24) is 14.9 Å². The molecule has 0 aliphatic carbocycles. The molecule has 1 aromatic carbocycles. The molecular weight excluding hydrogens is 407 g/mol. The van der Waals surface area contributed by atoms with Gasteiger partial charge < -0.3 is 14.9 Å². The van der Waals surface area contributed by atoms with E-state index >= 15 is 0 Å². The van der Waals surface area contributed by atoms with Gasteiger partial charge in [0.05, 0.1) is 5.75 Å². The number of piperazine rings is 1. The van der Waals surface area contributed by atoms with E-state index in [1.165, 1.54) is 18.2 Å². The summed E-state index contributed by atoms with van der Waals surface area (Å²) in [6, 6.07) is 7.13. The first-order valence-electron chi connectivity index (χ1n) is 8.54. The summed E-state index contributed by atoms with van der Waals surface area (Å²) in [6.45, 7) is 3.38. The minimum Gasteiger partial charge on any atom is -0.481 e. The summed E-state index contributed by atoms with van der Waals surface area (Å²) in [5, 5.41) is 9.32. The van der Waals surface area contributed by atoms with Crippen molar-refractivity contribution in [3.8, 4) is 0 Å². The van der Waals surface area contributed by atoms with Crippen LogP contribution in [0.3, 0.4) is 0 Å². The lowest BCUT2D eigenvalue weighted by Gasteiger charge is -2.40. The Hall–Kier alpha value is -2.39. The van der Waals surface area contributed by atoms with Crippen LogP contribution in [0.1, 0.15) is 17.3 Å². The summed E-state index contributed by atoms with van der Waals surface area (Å²) in [5.41, 5.74) is 0.317. The van der Waals surface area contributed by atoms with Gasteiger partial charge in [-0.1, -0.05) is 29.4 Å². The topological polar surface area (TPSA) is 86.6 Å². The molecule has 1 aliphatic heterocycles. The highest BCUT2D eigenvalue weighted by Crippen LogP contribution is 2.24. The number of benzene rings is 1. The molecule has 3 rings (SSSR count). The molecule has 0 radical (unpaired) electrons. The van der Waals surface area contributed by atoms with Gasteiger partial charge in [-0.3, -0.25) is 9.59 Å². The fraction of sp³-hybridized carbons (Fsp3) is 0.333. The van der Waals surface area contributed by atoms with Crippen molar-refractivity contribution in [1.29, 1.82) is 0 Å². The zero-order chi connectivity index (χ0) is 20.3. The predicted molar refractivity (Wildman–Crippen MR) is 105 cm³/mol. The Labute approximate surface area is 170 Å². The first-order valence-corrected chi connectivity index (χ1v) is 9.90. The van der Waals surface area contributed by atoms with Crippen molar-refractivity contribution < 1.29 is 19.1 Å². The summed E-state index contributed by atoms with van der Waals surface area (Å²) >= 11 is 7.05. The maximum Gasteiger partial charge on any atom is 0.313 e. The largest absolute Gasteiger partial charge is 0.481 e. The lowest BCUT2D eigenvalue weighted by molar-refractivity contribution is -0.133. The number of carbonyl (C=O) groups excluding carboxylic acids is 1. The van der Waals surface area contributed by atoms with Crippen LogP contribution in [-0.2, 0) is 4.79 Å². The zero-order valence-corrected chi connectivity index (χ0v) is 16.6. The zero-order valence-electron chi connectivity index (χ0n) is 15.0. The quantitative estimate of drug-likeness (QED) is 0.448. The molecule has 0 bridgehead atoms. The summed E-state index contributed by atoms with van der Waals surface area (Å²) in [5.74, 6) is -1.21. The molecule has 1 aliphatic rings. The van der Waals surface area contributed by atoms with Gasteiger partial charge in [-0.2, -0.15) is 0 Å². The van der Waals surface area contributed by atoms with Gasteiger partial charge in [0.15, 0.2) is 5.16 Å². The number of rotatable bonds is 5. The minimum atomic E-state index is -0.965. The highest BCUT2D eigenvalue weighted by molar-refractivity contribution is 7.99. The van der Waals surface area contributed by atoms with Crippen LogP contribution in [0.25, 0.3) is 0 Å². The van der Waals surface area contributed by atoms with Gasteiger partial charge >= 0.3 is 5.97 Å². The number of thioether (sulfide) groups is 1. The Kier molecular flexibility index (Phi) is 6.35. The van der Waals surface area contributed by atoms with Crippen molar-refractivity contribution in [3.63, 3.8) is 0 Å². The Balaban J connectivity index is 1.71. The molecule has 1 unspecified atom stereocenters. The monoisotopic (exact) mass is 424 g/mol. The summed E-state index contributed by atoms with van der Waals surface area (Å²) in [7, 11) is 0. The third kappa shape index (κ3) is 4.90. The number of carbonyl (C=O) groups is 2. The second-order valence-electron chi connectivity index (χ2n) is 6.32. The van der Waals surface area contributed by atoms with E-state index in [0.717, 1.165) is 11.8 Å². The minimum absolute atomic E-state index is 0.131. The number of carboxylic acids is 1. The smallest absolute Gasteiger partial charge is 0.313 e. The average Bonchev–Trinajstić information content (AvgIpc) is 2.65. The Morgan fingerprint density at radius 2 is 2.11 bits per heavy atom. The van der Waals surface area contributed by atoms with Crippen molar-refractivity contribution in [3.05, 3.63) is 46.9 Å². The third-order valence-electron chi connectivity index (χ3n) is 4.27. The van der Waals surface area contributed by atoms with E-state index in [9.17, 15) is 14.0 Å². The fourth-order valence-electron chi connectivity index (χ4n) is 2.99. The van der Waals surface area contributed by atoms with Crippen molar-refractivity contribution in [2.45, 2.75) is 18.1 Å². The lowest BCUT2D eigenvalue weighted by atomic mass is 10.1. The number of amides is 1. The summed E-state index contributed by atoms with van der Waals surface area (Å²) in [6.07, 6.45) is 0. The van der Waals surface area contributed by atoms with Gasteiger partial charge in [-0.05, 0) is 25.1 Å². The number of anilines is 1. The lowest BCUT2D eigenvalue weighted by Crippen LogP contribution is -2.54. The van der Waals surface area contributed by atoms with Crippen LogP contribution in [0, 0.1) is 5.82 Å². The molecule has 10 heteroatoms. The fourth-order valence-corrected chi connectivity index (χ4v) is 3.79. The predicted octanol–water partition coefficient (Wildman–Crippen LogP) is 2.80. The maximum atomic E-state index is 13.4. The van der Waals surface area contributed by atoms with E-state index in [1.807, 2.05) is 11.8 Å². The highest BCUT2D eigenvalue weighted by Gasteiger charge is 2.29. The second kappa shape index (κ2) is 8.74. The van der Waals surface area contributed by atoms with E-state index in [4.69, 9.17) is 16.7 Å². The van der Waals surface area contributed by atoms with Gasteiger partial charge in [0, 0.05) is 37.3 Å². The summed E-state index contributed by atoms with van der Waals surface area (Å²) in [4.78, 5) is 35.5. The number of halogens is 2. The molecule has 1 fully saturated rings. The molecule has 1 saturated heterocycles. The molecule has 1 aromatic heterocycles. The molecule has 1 N–H and O–H groups in total.